The molecular formula is C17H17ClN4OS. The predicted molar refractivity (Wildman–Crippen MR) is 98.1 cm³/mol. The van der Waals surface area contributed by atoms with Gasteiger partial charge < -0.3 is 10.3 Å². The highest BCUT2D eigenvalue weighted by atomic mass is 35.5. The van der Waals surface area contributed by atoms with Gasteiger partial charge in [0.05, 0.1) is 17.6 Å². The Labute approximate surface area is 149 Å². The van der Waals surface area contributed by atoms with E-state index in [1.165, 1.54) is 11.9 Å². The molecule has 0 atom stereocenters. The fourth-order valence-electron chi connectivity index (χ4n) is 2.51. The fourth-order valence-corrected chi connectivity index (χ4v) is 3.27. The average Bonchev–Trinajstić information content (AvgIpc) is 2.93. The number of nitrogens with two attached hydrogens (primary N) is 1. The van der Waals surface area contributed by atoms with Gasteiger partial charge >= 0.3 is 0 Å². The van der Waals surface area contributed by atoms with Crippen LogP contribution in [0.4, 0.5) is 0 Å². The van der Waals surface area contributed by atoms with Gasteiger partial charge in [0, 0.05) is 22.0 Å². The van der Waals surface area contributed by atoms with Crippen molar-refractivity contribution in [2.45, 2.75) is 24.9 Å². The Hall–Kier alpha value is -2.02. The number of amides is 1. The molecule has 0 aliphatic rings. The van der Waals surface area contributed by atoms with Gasteiger partial charge in [0.15, 0.2) is 0 Å². The lowest BCUT2D eigenvalue weighted by atomic mass is 10.2. The summed E-state index contributed by atoms with van der Waals surface area (Å²) < 4.78 is 5.43. The molecule has 2 aromatic carbocycles. The number of aromatic nitrogens is 2. The first-order chi connectivity index (χ1) is 11.6. The number of hydrogen-bond acceptors (Lipinski definition) is 4. The van der Waals surface area contributed by atoms with E-state index in [0.29, 0.717) is 12.1 Å². The van der Waals surface area contributed by atoms with Crippen molar-refractivity contribution in [3.05, 3.63) is 58.9 Å². The van der Waals surface area contributed by atoms with Gasteiger partial charge in [-0.05, 0) is 61.3 Å². The van der Waals surface area contributed by atoms with Gasteiger partial charge in [-0.25, -0.2) is 4.98 Å². The third-order valence-electron chi connectivity index (χ3n) is 3.66. The molecule has 0 fully saturated rings. The molecule has 0 bridgehead atoms. The van der Waals surface area contributed by atoms with Crippen LogP contribution in [-0.4, -0.2) is 15.5 Å². The maximum Gasteiger partial charge on any atom is 0.248 e. The molecule has 1 amide bonds. The molecule has 3 aromatic rings. The van der Waals surface area contributed by atoms with Crippen LogP contribution in [0.25, 0.3) is 11.0 Å². The monoisotopic (exact) mass is 360 g/mol. The number of rotatable bonds is 6. The minimum Gasteiger partial charge on any atom is -0.366 e. The van der Waals surface area contributed by atoms with E-state index in [9.17, 15) is 4.79 Å². The van der Waals surface area contributed by atoms with E-state index in [2.05, 4.69) is 21.2 Å². The zero-order valence-electron chi connectivity index (χ0n) is 13.1. The number of primary amides is 1. The second kappa shape index (κ2) is 7.25. The number of aryl methyl sites for hydroxylation is 1. The summed E-state index contributed by atoms with van der Waals surface area (Å²) in [4.78, 5) is 17.0. The maximum atomic E-state index is 11.3. The lowest BCUT2D eigenvalue weighted by molar-refractivity contribution is 0.100. The van der Waals surface area contributed by atoms with Crippen molar-refractivity contribution in [3.63, 3.8) is 0 Å². The number of benzene rings is 2. The van der Waals surface area contributed by atoms with Crippen molar-refractivity contribution in [2.75, 3.05) is 0 Å². The molecular weight excluding hydrogens is 344 g/mol. The summed E-state index contributed by atoms with van der Waals surface area (Å²) in [6.07, 6.45) is 0. The van der Waals surface area contributed by atoms with Crippen molar-refractivity contribution >= 4 is 40.5 Å². The van der Waals surface area contributed by atoms with Crippen LogP contribution in [0.5, 0.6) is 0 Å². The van der Waals surface area contributed by atoms with Gasteiger partial charge in [0.1, 0.15) is 5.82 Å². The Morgan fingerprint density at radius 1 is 1.29 bits per heavy atom. The molecule has 1 heterocycles. The molecule has 0 radical (unpaired) electrons. The first-order valence-electron chi connectivity index (χ1n) is 7.52. The second-order valence-corrected chi connectivity index (χ2v) is 6.62. The van der Waals surface area contributed by atoms with E-state index in [4.69, 9.17) is 17.3 Å². The number of halogens is 1. The van der Waals surface area contributed by atoms with E-state index >= 15 is 0 Å². The molecule has 24 heavy (non-hydrogen) atoms. The zero-order chi connectivity index (χ0) is 17.1. The van der Waals surface area contributed by atoms with E-state index < -0.39 is 5.91 Å². The molecule has 124 valence electrons. The molecule has 7 heteroatoms. The third kappa shape index (κ3) is 3.56. The molecule has 0 saturated heterocycles. The van der Waals surface area contributed by atoms with Crippen LogP contribution in [0.3, 0.4) is 0 Å². The van der Waals surface area contributed by atoms with Crippen LogP contribution in [0, 0.1) is 0 Å². The Kier molecular flexibility index (Phi) is 5.08. The molecule has 0 saturated carbocycles. The highest BCUT2D eigenvalue weighted by Crippen LogP contribution is 2.21. The number of hydrogen-bond donors (Lipinski definition) is 2. The smallest absolute Gasteiger partial charge is 0.248 e. The summed E-state index contributed by atoms with van der Waals surface area (Å²) in [5, 5.41) is 0.720. The van der Waals surface area contributed by atoms with Gasteiger partial charge in [-0.1, -0.05) is 11.6 Å². The minimum atomic E-state index is -0.444. The SMILES string of the molecule is CCn1c(CNSc2ccc(Cl)cc2)nc2cc(C(N)=O)ccc21. The van der Waals surface area contributed by atoms with Gasteiger partial charge in [-0.3, -0.25) is 9.52 Å². The topological polar surface area (TPSA) is 72.9 Å². The van der Waals surface area contributed by atoms with Crippen molar-refractivity contribution in [1.29, 1.82) is 0 Å². The first kappa shape index (κ1) is 16.8. The molecule has 3 N–H and O–H groups in total. The molecule has 5 nitrogen and oxygen atoms in total. The Balaban J connectivity index is 1.78. The second-order valence-electron chi connectivity index (χ2n) is 5.22. The molecule has 0 aliphatic heterocycles. The summed E-state index contributed by atoms with van der Waals surface area (Å²) in [7, 11) is 0. The molecule has 0 unspecified atom stereocenters. The minimum absolute atomic E-state index is 0.444. The lowest BCUT2D eigenvalue weighted by Gasteiger charge is -2.07. The highest BCUT2D eigenvalue weighted by molar-refractivity contribution is 7.97. The van der Waals surface area contributed by atoms with Crippen LogP contribution in [0.1, 0.15) is 23.1 Å². The largest absolute Gasteiger partial charge is 0.366 e. The number of imidazole rings is 1. The van der Waals surface area contributed by atoms with Crippen molar-refractivity contribution < 1.29 is 4.79 Å². The maximum absolute atomic E-state index is 11.3. The average molecular weight is 361 g/mol. The summed E-state index contributed by atoms with van der Waals surface area (Å²) in [5.41, 5.74) is 7.58. The van der Waals surface area contributed by atoms with Crippen LogP contribution in [-0.2, 0) is 13.1 Å². The van der Waals surface area contributed by atoms with Gasteiger partial charge in [-0.15, -0.1) is 0 Å². The zero-order valence-corrected chi connectivity index (χ0v) is 14.7. The molecule has 3 rings (SSSR count). The van der Waals surface area contributed by atoms with Crippen molar-refractivity contribution in [2.24, 2.45) is 5.73 Å². The normalized spacial score (nSPS) is 11.1. The predicted octanol–water partition coefficient (Wildman–Crippen LogP) is 3.61. The van der Waals surface area contributed by atoms with E-state index in [-0.39, 0.29) is 0 Å². The molecule has 0 aliphatic carbocycles. The Morgan fingerprint density at radius 2 is 2.04 bits per heavy atom. The lowest BCUT2D eigenvalue weighted by Crippen LogP contribution is -2.10. The number of fused-ring (bicyclic) bond motifs is 1. The van der Waals surface area contributed by atoms with Crippen LogP contribution in [0.15, 0.2) is 47.4 Å². The quantitative estimate of drug-likeness (QED) is 0.659. The molecule has 1 aromatic heterocycles. The highest BCUT2D eigenvalue weighted by Gasteiger charge is 2.11. The van der Waals surface area contributed by atoms with Gasteiger partial charge in [0.2, 0.25) is 5.91 Å². The van der Waals surface area contributed by atoms with Crippen molar-refractivity contribution in [1.82, 2.24) is 14.3 Å². The summed E-state index contributed by atoms with van der Waals surface area (Å²) >= 11 is 7.41. The van der Waals surface area contributed by atoms with E-state index in [0.717, 1.165) is 33.3 Å². The van der Waals surface area contributed by atoms with Gasteiger partial charge in [-0.2, -0.15) is 0 Å². The van der Waals surface area contributed by atoms with E-state index in [1.807, 2.05) is 30.3 Å². The fraction of sp³-hybridized carbons (Fsp3) is 0.176. The van der Waals surface area contributed by atoms with Crippen LogP contribution in [0.2, 0.25) is 5.02 Å². The number of nitrogens with one attached hydrogen (secondary N) is 1. The third-order valence-corrected chi connectivity index (χ3v) is 4.71. The standard InChI is InChI=1S/C17H17ClN4OS/c1-2-22-15-8-3-11(17(19)23)9-14(15)21-16(22)10-20-24-13-6-4-12(18)5-7-13/h3-9,20H,2,10H2,1H3,(H2,19,23). The summed E-state index contributed by atoms with van der Waals surface area (Å²) in [6.45, 7) is 3.47. The summed E-state index contributed by atoms with van der Waals surface area (Å²) in [5.74, 6) is 0.469. The van der Waals surface area contributed by atoms with E-state index in [1.54, 1.807) is 12.1 Å². The summed E-state index contributed by atoms with van der Waals surface area (Å²) in [6, 6.07) is 13.0. The van der Waals surface area contributed by atoms with Crippen molar-refractivity contribution in [3.8, 4) is 0 Å². The Morgan fingerprint density at radius 3 is 2.71 bits per heavy atom. The van der Waals surface area contributed by atoms with Gasteiger partial charge in [0.25, 0.3) is 0 Å². The molecule has 0 spiro atoms. The number of carbonyl (C=O) groups excluding carboxylic acids is 1. The number of nitrogens with zero attached hydrogens (tertiary/aromatic N) is 2. The number of carbonyl (C=O) groups is 1. The van der Waals surface area contributed by atoms with Crippen LogP contribution < -0.4 is 10.5 Å². The first-order valence-corrected chi connectivity index (χ1v) is 8.72. The van der Waals surface area contributed by atoms with Crippen LogP contribution >= 0.6 is 23.5 Å². The Bertz CT molecular complexity index is 876.